The molecule has 1 aromatic rings. The maximum Gasteiger partial charge on any atom is 0.177 e. The number of nitrogens with zero attached hydrogens (tertiary/aromatic N) is 3. The summed E-state index contributed by atoms with van der Waals surface area (Å²) in [4.78, 5) is 0. The molecule has 5 atom stereocenters. The molecule has 0 spiro atoms. The van der Waals surface area contributed by atoms with Gasteiger partial charge in [-0.15, -0.1) is 5.10 Å². The summed E-state index contributed by atoms with van der Waals surface area (Å²) >= 11 is 1.31. The van der Waals surface area contributed by atoms with Crippen molar-refractivity contribution < 1.29 is 20.1 Å². The van der Waals surface area contributed by atoms with E-state index in [1.54, 1.807) is 13.3 Å². The molecule has 0 radical (unpaired) electrons. The van der Waals surface area contributed by atoms with Gasteiger partial charge in [-0.3, -0.25) is 0 Å². The van der Waals surface area contributed by atoms with Crippen LogP contribution in [0.2, 0.25) is 0 Å². The summed E-state index contributed by atoms with van der Waals surface area (Å²) in [5, 5.41) is 37.4. The summed E-state index contributed by atoms with van der Waals surface area (Å²) in [6, 6.07) is -0.718. The molecule has 3 N–H and O–H groups in total. The number of hydrogen-bond acceptors (Lipinski definition) is 7. The van der Waals surface area contributed by atoms with Gasteiger partial charge in [0.25, 0.3) is 0 Å². The van der Waals surface area contributed by atoms with Gasteiger partial charge in [0.2, 0.25) is 0 Å². The van der Waals surface area contributed by atoms with Gasteiger partial charge >= 0.3 is 0 Å². The molecule has 0 aromatic carbocycles. The van der Waals surface area contributed by atoms with Gasteiger partial charge in [-0.2, -0.15) is 11.6 Å². The summed E-state index contributed by atoms with van der Waals surface area (Å²) in [6.45, 7) is 3.25. The molecule has 2 heterocycles. The van der Waals surface area contributed by atoms with Crippen LogP contribution in [0, 0.1) is 0 Å². The van der Waals surface area contributed by atoms with Crippen LogP contribution in [0.25, 0.3) is 6.08 Å². The predicted molar refractivity (Wildman–Crippen MR) is 73.0 cm³/mol. The fraction of sp³-hybridized carbons (Fsp3) is 0.600. The molecule has 0 bridgehead atoms. The first-order chi connectivity index (χ1) is 9.12. The highest BCUT2D eigenvalue weighted by Gasteiger charge is 2.45. The molecular formula is C10H16BN3O4S. The van der Waals surface area contributed by atoms with E-state index in [2.05, 4.69) is 16.9 Å². The van der Waals surface area contributed by atoms with Crippen molar-refractivity contribution in [2.24, 2.45) is 0 Å². The van der Waals surface area contributed by atoms with Gasteiger partial charge in [0, 0.05) is 0 Å². The highest BCUT2D eigenvalue weighted by molar-refractivity contribution is 8.20. The van der Waals surface area contributed by atoms with E-state index in [9.17, 15) is 15.3 Å². The summed E-state index contributed by atoms with van der Waals surface area (Å²) in [7, 11) is 1.79. The number of aliphatic hydroxyl groups excluding tert-OH is 3. The van der Waals surface area contributed by atoms with Crippen LogP contribution < -0.4 is 0 Å². The van der Waals surface area contributed by atoms with Crippen molar-refractivity contribution in [1.29, 1.82) is 0 Å². The lowest BCUT2D eigenvalue weighted by Gasteiger charge is -2.41. The van der Waals surface area contributed by atoms with Crippen LogP contribution >= 0.6 is 11.6 Å². The third-order valence-electron chi connectivity index (χ3n) is 3.12. The first-order valence-corrected chi connectivity index (χ1v) is 7.10. The summed E-state index contributed by atoms with van der Waals surface area (Å²) < 4.78 is 6.82. The summed E-state index contributed by atoms with van der Waals surface area (Å²) in [5.41, 5.74) is 0.00840. The topological polar surface area (TPSA) is 101 Å². The van der Waals surface area contributed by atoms with Gasteiger partial charge in [-0.1, -0.05) is 11.8 Å². The quantitative estimate of drug-likeness (QED) is 0.560. The van der Waals surface area contributed by atoms with Crippen molar-refractivity contribution in [2.45, 2.75) is 29.8 Å². The number of aliphatic hydroxyl groups is 3. The molecule has 7 nitrogen and oxygen atoms in total. The second-order valence-electron chi connectivity index (χ2n) is 4.26. The number of aromatic nitrogens is 3. The molecule has 0 amide bonds. The van der Waals surface area contributed by atoms with Gasteiger partial charge in [-0.05, 0) is 6.08 Å². The second kappa shape index (κ2) is 6.06. The molecular weight excluding hydrogens is 269 g/mol. The molecule has 19 heavy (non-hydrogen) atoms. The van der Waals surface area contributed by atoms with Crippen LogP contribution in [-0.2, 0) is 4.74 Å². The zero-order chi connectivity index (χ0) is 14.0. The first kappa shape index (κ1) is 14.5. The number of rotatable bonds is 4. The Hall–Kier alpha value is -0.865. The summed E-state index contributed by atoms with van der Waals surface area (Å²) in [6.07, 6.45) is 0.329. The van der Waals surface area contributed by atoms with E-state index >= 15 is 0 Å². The minimum Gasteiger partial charge on any atom is -0.394 e. The lowest BCUT2D eigenvalue weighted by atomic mass is 9.97. The Morgan fingerprint density at radius 3 is 2.79 bits per heavy atom. The van der Waals surface area contributed by atoms with Crippen molar-refractivity contribution in [3.8, 4) is 0 Å². The molecule has 1 aliphatic rings. The number of ether oxygens (including phenoxy) is 1. The van der Waals surface area contributed by atoms with E-state index < -0.39 is 29.8 Å². The lowest BCUT2D eigenvalue weighted by molar-refractivity contribution is -0.178. The maximum absolute atomic E-state index is 10.2. The molecule has 1 aliphatic heterocycles. The van der Waals surface area contributed by atoms with Crippen LogP contribution in [0.4, 0.5) is 0 Å². The van der Waals surface area contributed by atoms with E-state index in [0.29, 0.717) is 5.69 Å². The molecule has 1 fully saturated rings. The zero-order valence-electron chi connectivity index (χ0n) is 10.5. The fourth-order valence-corrected chi connectivity index (χ4v) is 2.80. The average Bonchev–Trinajstić information content (AvgIpc) is 2.88. The van der Waals surface area contributed by atoms with E-state index in [1.807, 2.05) is 0 Å². The minimum absolute atomic E-state index is 0.329. The zero-order valence-corrected chi connectivity index (χ0v) is 11.3. The number of hydrogen-bond donors (Lipinski definition) is 3. The van der Waals surface area contributed by atoms with Crippen molar-refractivity contribution in [1.82, 2.24) is 15.0 Å². The molecule has 9 heteroatoms. The van der Waals surface area contributed by atoms with Crippen LogP contribution in [0.15, 0.2) is 12.8 Å². The lowest BCUT2D eigenvalue weighted by Crippen LogP contribution is -2.55. The Kier molecular flexibility index (Phi) is 4.64. The Bertz CT molecular complexity index is 430. The third-order valence-corrected chi connectivity index (χ3v) is 3.98. The Labute approximate surface area is 115 Å². The summed E-state index contributed by atoms with van der Waals surface area (Å²) in [5.74, 6) is 0. The van der Waals surface area contributed by atoms with Crippen LogP contribution in [0.5, 0.6) is 0 Å². The third kappa shape index (κ3) is 2.70. The molecule has 3 unspecified atom stereocenters. The smallest absolute Gasteiger partial charge is 0.177 e. The van der Waals surface area contributed by atoms with Crippen molar-refractivity contribution in [3.05, 3.63) is 18.5 Å². The molecule has 1 aromatic heterocycles. The Balaban J connectivity index is 2.30. The standard InChI is InChI=1S/C10H16BN3O4S/c1-2-5-3-14(13-12-5)7-8(16)6(4-15)18-10(19-11)9(7)17/h2-3,6-10,15-17H,1,4,11H2/t6?,7?,8-,9?,10+/m0/s1. The van der Waals surface area contributed by atoms with Crippen LogP contribution in [-0.4, -0.2) is 67.8 Å². The van der Waals surface area contributed by atoms with Crippen LogP contribution in [0.1, 0.15) is 11.7 Å². The van der Waals surface area contributed by atoms with Crippen molar-refractivity contribution >= 4 is 24.8 Å². The average molecular weight is 285 g/mol. The van der Waals surface area contributed by atoms with E-state index in [4.69, 9.17) is 4.74 Å². The van der Waals surface area contributed by atoms with Gasteiger partial charge in [-0.25, -0.2) is 4.68 Å². The second-order valence-corrected chi connectivity index (χ2v) is 5.20. The van der Waals surface area contributed by atoms with Crippen molar-refractivity contribution in [2.75, 3.05) is 6.61 Å². The normalized spacial score (nSPS) is 35.2. The van der Waals surface area contributed by atoms with Gasteiger partial charge in [0.15, 0.2) is 7.12 Å². The van der Waals surface area contributed by atoms with Crippen molar-refractivity contribution in [3.63, 3.8) is 0 Å². The van der Waals surface area contributed by atoms with E-state index in [1.165, 1.54) is 22.4 Å². The fourth-order valence-electron chi connectivity index (χ4n) is 2.10. The van der Waals surface area contributed by atoms with Gasteiger partial charge in [0.05, 0.1) is 12.8 Å². The van der Waals surface area contributed by atoms with E-state index in [0.717, 1.165) is 0 Å². The molecule has 1 saturated heterocycles. The minimum atomic E-state index is -1.07. The molecule has 0 aliphatic carbocycles. The highest BCUT2D eigenvalue weighted by Crippen LogP contribution is 2.33. The highest BCUT2D eigenvalue weighted by atomic mass is 32.2. The molecule has 0 saturated carbocycles. The Morgan fingerprint density at radius 2 is 2.26 bits per heavy atom. The van der Waals surface area contributed by atoms with Crippen LogP contribution in [0.3, 0.4) is 0 Å². The first-order valence-electron chi connectivity index (χ1n) is 5.82. The predicted octanol–water partition coefficient (Wildman–Crippen LogP) is -1.82. The Morgan fingerprint density at radius 1 is 1.53 bits per heavy atom. The van der Waals surface area contributed by atoms with Gasteiger partial charge < -0.3 is 20.1 Å². The van der Waals surface area contributed by atoms with Gasteiger partial charge in [0.1, 0.15) is 35.5 Å². The maximum atomic E-state index is 10.2. The monoisotopic (exact) mass is 285 g/mol. The van der Waals surface area contributed by atoms with E-state index in [-0.39, 0.29) is 6.61 Å². The SMILES string of the molecule is BS[C@H]1OC(CO)[C@H](O)C(n2cc(C=C)nn2)C1O. The molecule has 2 rings (SSSR count). The largest absolute Gasteiger partial charge is 0.394 e. The molecule has 104 valence electrons.